The zero-order chi connectivity index (χ0) is 23.4. The third kappa shape index (κ3) is 5.79. The molecule has 0 saturated heterocycles. The number of hydrogen-bond acceptors (Lipinski definition) is 4. The number of hydrogen-bond donors (Lipinski definition) is 3. The minimum atomic E-state index is -4.60. The largest absolute Gasteiger partial charge is 0.478 e. The van der Waals surface area contributed by atoms with Crippen LogP contribution in [0.15, 0.2) is 77.7 Å². The van der Waals surface area contributed by atoms with Crippen molar-refractivity contribution in [3.63, 3.8) is 0 Å². The number of rotatable bonds is 8. The van der Waals surface area contributed by atoms with Gasteiger partial charge in [-0.2, -0.15) is 13.2 Å². The first-order valence-corrected chi connectivity index (χ1v) is 10.9. The van der Waals surface area contributed by atoms with Gasteiger partial charge < -0.3 is 10.4 Å². The van der Waals surface area contributed by atoms with Crippen molar-refractivity contribution in [1.29, 1.82) is 0 Å². The molecule has 0 aliphatic heterocycles. The van der Waals surface area contributed by atoms with Gasteiger partial charge in [0.15, 0.2) is 0 Å². The number of carbonyl (C=O) groups is 1. The number of benzene rings is 3. The molecule has 0 aliphatic carbocycles. The summed E-state index contributed by atoms with van der Waals surface area (Å²) in [5, 5.41) is 11.8. The van der Waals surface area contributed by atoms with E-state index in [0.29, 0.717) is 6.42 Å². The molecule has 3 N–H and O–H groups in total. The van der Waals surface area contributed by atoms with Crippen LogP contribution in [-0.4, -0.2) is 26.0 Å². The third-order valence-corrected chi connectivity index (χ3v) is 5.96. The molecule has 0 bridgehead atoms. The number of carboxylic acid groups (broad SMARTS) is 1. The summed E-state index contributed by atoms with van der Waals surface area (Å²) >= 11 is 0. The second-order valence-corrected chi connectivity index (χ2v) is 8.54. The fourth-order valence-corrected chi connectivity index (χ4v) is 4.02. The van der Waals surface area contributed by atoms with Crippen molar-refractivity contribution in [3.8, 4) is 0 Å². The van der Waals surface area contributed by atoms with Crippen LogP contribution in [0, 0.1) is 0 Å². The number of halogens is 3. The van der Waals surface area contributed by atoms with Crippen molar-refractivity contribution in [2.45, 2.75) is 17.5 Å². The second kappa shape index (κ2) is 9.31. The predicted octanol–water partition coefficient (Wildman–Crippen LogP) is 4.86. The van der Waals surface area contributed by atoms with Gasteiger partial charge in [-0.15, -0.1) is 0 Å². The smallest absolute Gasteiger partial charge is 0.416 e. The van der Waals surface area contributed by atoms with E-state index in [1.807, 2.05) is 0 Å². The van der Waals surface area contributed by atoms with Gasteiger partial charge in [0.1, 0.15) is 0 Å². The van der Waals surface area contributed by atoms with Gasteiger partial charge in [0.25, 0.3) is 10.0 Å². The van der Waals surface area contributed by atoms with Gasteiger partial charge in [0.2, 0.25) is 0 Å². The molecular formula is C22H19F3N2O4S. The van der Waals surface area contributed by atoms with E-state index in [-0.39, 0.29) is 28.4 Å². The Labute approximate surface area is 182 Å². The lowest BCUT2D eigenvalue weighted by atomic mass is 10.1. The van der Waals surface area contributed by atoms with Crippen LogP contribution in [-0.2, 0) is 22.6 Å². The SMILES string of the molecule is O=C(O)c1ccc(CCNc2cc(C(F)(F)F)ccc2NS(=O)(=O)c2ccccc2)cc1. The molecule has 10 heteroatoms. The van der Waals surface area contributed by atoms with Crippen molar-refractivity contribution in [2.75, 3.05) is 16.6 Å². The van der Waals surface area contributed by atoms with Gasteiger partial charge in [-0.05, 0) is 54.4 Å². The maximum Gasteiger partial charge on any atom is 0.416 e. The van der Waals surface area contributed by atoms with E-state index >= 15 is 0 Å². The molecule has 0 radical (unpaired) electrons. The summed E-state index contributed by atoms with van der Waals surface area (Å²) in [6.07, 6.45) is -4.22. The van der Waals surface area contributed by atoms with Crippen molar-refractivity contribution >= 4 is 27.4 Å². The fraction of sp³-hybridized carbons (Fsp3) is 0.136. The first kappa shape index (κ1) is 23.1. The van der Waals surface area contributed by atoms with Gasteiger partial charge in [-0.1, -0.05) is 30.3 Å². The Morgan fingerprint density at radius 1 is 0.906 bits per heavy atom. The van der Waals surface area contributed by atoms with Gasteiger partial charge in [-0.25, -0.2) is 13.2 Å². The molecule has 0 atom stereocenters. The summed E-state index contributed by atoms with van der Waals surface area (Å²) in [6.45, 7) is 0.188. The number of sulfonamides is 1. The third-order valence-electron chi connectivity index (χ3n) is 4.57. The lowest BCUT2D eigenvalue weighted by molar-refractivity contribution is -0.137. The molecule has 6 nitrogen and oxygen atoms in total. The van der Waals surface area contributed by atoms with Gasteiger partial charge in [0, 0.05) is 6.54 Å². The average molecular weight is 464 g/mol. The zero-order valence-corrected chi connectivity index (χ0v) is 17.4. The van der Waals surface area contributed by atoms with E-state index in [1.54, 1.807) is 18.2 Å². The maximum absolute atomic E-state index is 13.2. The highest BCUT2D eigenvalue weighted by atomic mass is 32.2. The molecule has 0 unspecified atom stereocenters. The summed E-state index contributed by atoms with van der Waals surface area (Å²) in [4.78, 5) is 10.9. The maximum atomic E-state index is 13.2. The van der Waals surface area contributed by atoms with E-state index in [4.69, 9.17) is 5.11 Å². The predicted molar refractivity (Wildman–Crippen MR) is 114 cm³/mol. The Balaban J connectivity index is 1.81. The van der Waals surface area contributed by atoms with Crippen molar-refractivity contribution in [3.05, 3.63) is 89.5 Å². The Kier molecular flexibility index (Phi) is 6.73. The summed E-state index contributed by atoms with van der Waals surface area (Å²) in [5.74, 6) is -1.06. The van der Waals surface area contributed by atoms with Crippen molar-refractivity contribution in [1.82, 2.24) is 0 Å². The van der Waals surface area contributed by atoms with Gasteiger partial charge in [-0.3, -0.25) is 4.72 Å². The number of alkyl halides is 3. The Morgan fingerprint density at radius 2 is 1.56 bits per heavy atom. The molecule has 0 aromatic heterocycles. The van der Waals surface area contributed by atoms with Gasteiger partial charge >= 0.3 is 12.1 Å². The Bertz CT molecular complexity index is 1200. The zero-order valence-electron chi connectivity index (χ0n) is 16.6. The van der Waals surface area contributed by atoms with Crippen LogP contribution in [0.4, 0.5) is 24.5 Å². The normalized spacial score (nSPS) is 11.7. The fourth-order valence-electron chi connectivity index (χ4n) is 2.91. The number of carboxylic acids is 1. The molecule has 32 heavy (non-hydrogen) atoms. The summed E-state index contributed by atoms with van der Waals surface area (Å²) in [7, 11) is -4.00. The molecule has 0 aliphatic rings. The number of aromatic carboxylic acids is 1. The standard InChI is InChI=1S/C22H19F3N2O4S/c23-22(24,25)17-10-11-19(27-32(30,31)18-4-2-1-3-5-18)20(14-17)26-13-12-15-6-8-16(9-7-15)21(28)29/h1-11,14,26-27H,12-13H2,(H,28,29). The molecular weight excluding hydrogens is 445 g/mol. The highest BCUT2D eigenvalue weighted by Crippen LogP contribution is 2.34. The molecule has 3 rings (SSSR count). The van der Waals surface area contributed by atoms with Crippen LogP contribution < -0.4 is 10.0 Å². The Morgan fingerprint density at radius 3 is 2.16 bits per heavy atom. The molecule has 0 fully saturated rings. The first-order chi connectivity index (χ1) is 15.1. The molecule has 168 valence electrons. The lowest BCUT2D eigenvalue weighted by Gasteiger charge is -2.17. The molecule has 0 saturated carbocycles. The summed E-state index contributed by atoms with van der Waals surface area (Å²) in [6, 6.07) is 16.3. The van der Waals surface area contributed by atoms with E-state index in [9.17, 15) is 26.4 Å². The summed E-state index contributed by atoms with van der Waals surface area (Å²) < 4.78 is 67.1. The minimum Gasteiger partial charge on any atom is -0.478 e. The molecule has 3 aromatic rings. The van der Waals surface area contributed by atoms with Crippen LogP contribution in [0.5, 0.6) is 0 Å². The van der Waals surface area contributed by atoms with E-state index in [2.05, 4.69) is 10.0 Å². The average Bonchev–Trinajstić information content (AvgIpc) is 2.75. The molecule has 0 heterocycles. The van der Waals surface area contributed by atoms with E-state index in [1.165, 1.54) is 36.4 Å². The van der Waals surface area contributed by atoms with Crippen LogP contribution in [0.3, 0.4) is 0 Å². The van der Waals surface area contributed by atoms with Crippen LogP contribution in [0.25, 0.3) is 0 Å². The first-order valence-electron chi connectivity index (χ1n) is 9.41. The van der Waals surface area contributed by atoms with Gasteiger partial charge in [0.05, 0.1) is 27.4 Å². The lowest BCUT2D eigenvalue weighted by Crippen LogP contribution is -2.16. The van der Waals surface area contributed by atoms with Crippen LogP contribution >= 0.6 is 0 Å². The number of anilines is 2. The highest BCUT2D eigenvalue weighted by Gasteiger charge is 2.31. The quantitative estimate of drug-likeness (QED) is 0.443. The summed E-state index contributed by atoms with van der Waals surface area (Å²) in [5.41, 5.74) is -0.0869. The highest BCUT2D eigenvalue weighted by molar-refractivity contribution is 7.92. The second-order valence-electron chi connectivity index (χ2n) is 6.86. The molecule has 3 aromatic carbocycles. The molecule has 0 amide bonds. The monoisotopic (exact) mass is 464 g/mol. The minimum absolute atomic E-state index is 0.0237. The topological polar surface area (TPSA) is 95.5 Å². The van der Waals surface area contributed by atoms with E-state index in [0.717, 1.165) is 23.8 Å². The van der Waals surface area contributed by atoms with Crippen molar-refractivity contribution in [2.24, 2.45) is 0 Å². The Hall–Kier alpha value is -3.53. The number of nitrogens with one attached hydrogen (secondary N) is 2. The molecule has 0 spiro atoms. The van der Waals surface area contributed by atoms with E-state index < -0.39 is 27.7 Å². The van der Waals surface area contributed by atoms with Crippen LogP contribution in [0.1, 0.15) is 21.5 Å². The van der Waals surface area contributed by atoms with Crippen LogP contribution in [0.2, 0.25) is 0 Å². The van der Waals surface area contributed by atoms with Crippen molar-refractivity contribution < 1.29 is 31.5 Å².